The molecule has 1 aromatic carbocycles. The van der Waals surface area contributed by atoms with Crippen molar-refractivity contribution >= 4 is 6.09 Å². The molecular weight excluding hydrogens is 202 g/mol. The van der Waals surface area contributed by atoms with Crippen molar-refractivity contribution in [2.45, 2.75) is 25.9 Å². The number of nitrogens with zero attached hydrogens (tertiary/aromatic N) is 1. The molecule has 1 atom stereocenters. The molecule has 1 unspecified atom stereocenters. The van der Waals surface area contributed by atoms with Gasteiger partial charge in [0.05, 0.1) is 6.54 Å². The molecule has 3 heteroatoms. The number of cyclic esters (lactones) is 1. The van der Waals surface area contributed by atoms with Crippen molar-refractivity contribution in [3.63, 3.8) is 0 Å². The normalized spacial score (nSPS) is 19.9. The van der Waals surface area contributed by atoms with Gasteiger partial charge in [-0.2, -0.15) is 0 Å². The highest BCUT2D eigenvalue weighted by Crippen LogP contribution is 2.14. The summed E-state index contributed by atoms with van der Waals surface area (Å²) in [6, 6.07) is 10.2. The predicted octanol–water partition coefficient (Wildman–Crippen LogP) is 2.46. The molecule has 0 saturated carbocycles. The monoisotopic (exact) mass is 219 g/mol. The summed E-state index contributed by atoms with van der Waals surface area (Å²) in [5, 5.41) is 0. The Hall–Kier alpha value is -1.51. The average molecular weight is 219 g/mol. The summed E-state index contributed by atoms with van der Waals surface area (Å²) >= 11 is 0. The van der Waals surface area contributed by atoms with Crippen molar-refractivity contribution < 1.29 is 9.53 Å². The zero-order valence-corrected chi connectivity index (χ0v) is 9.56. The maximum absolute atomic E-state index is 11.5. The first-order chi connectivity index (χ1) is 7.79. The van der Waals surface area contributed by atoms with Gasteiger partial charge in [0.1, 0.15) is 6.10 Å². The fraction of sp³-hybridized carbons (Fsp3) is 0.462. The van der Waals surface area contributed by atoms with Crippen LogP contribution in [0.4, 0.5) is 4.79 Å². The van der Waals surface area contributed by atoms with E-state index < -0.39 is 0 Å². The number of rotatable bonds is 4. The maximum Gasteiger partial charge on any atom is 0.410 e. The maximum atomic E-state index is 11.5. The Morgan fingerprint density at radius 2 is 2.12 bits per heavy atom. The Morgan fingerprint density at radius 3 is 2.75 bits per heavy atom. The lowest BCUT2D eigenvalue weighted by molar-refractivity contribution is 0.131. The molecule has 0 N–H and O–H groups in total. The van der Waals surface area contributed by atoms with E-state index in [1.807, 2.05) is 25.1 Å². The van der Waals surface area contributed by atoms with E-state index in [-0.39, 0.29) is 12.2 Å². The Kier molecular flexibility index (Phi) is 3.44. The van der Waals surface area contributed by atoms with Crippen molar-refractivity contribution in [2.75, 3.05) is 13.1 Å². The van der Waals surface area contributed by atoms with Gasteiger partial charge >= 0.3 is 6.09 Å². The fourth-order valence-corrected chi connectivity index (χ4v) is 1.88. The minimum atomic E-state index is -0.164. The minimum Gasteiger partial charge on any atom is -0.444 e. The van der Waals surface area contributed by atoms with E-state index in [2.05, 4.69) is 12.1 Å². The third-order valence-electron chi connectivity index (χ3n) is 2.92. The number of carbonyl (C=O) groups excluding carboxylic acids is 1. The molecule has 16 heavy (non-hydrogen) atoms. The molecule has 3 nitrogen and oxygen atoms in total. The van der Waals surface area contributed by atoms with E-state index in [0.29, 0.717) is 0 Å². The van der Waals surface area contributed by atoms with Gasteiger partial charge in [0.2, 0.25) is 0 Å². The van der Waals surface area contributed by atoms with E-state index in [4.69, 9.17) is 4.74 Å². The van der Waals surface area contributed by atoms with Crippen LogP contribution in [0.1, 0.15) is 18.9 Å². The predicted molar refractivity (Wildman–Crippen MR) is 62.3 cm³/mol. The summed E-state index contributed by atoms with van der Waals surface area (Å²) in [7, 11) is 0. The van der Waals surface area contributed by atoms with Crippen LogP contribution in [0.5, 0.6) is 0 Å². The zero-order valence-electron chi connectivity index (χ0n) is 9.56. The molecule has 1 heterocycles. The van der Waals surface area contributed by atoms with Gasteiger partial charge in [-0.25, -0.2) is 4.79 Å². The molecule has 1 aromatic rings. The Labute approximate surface area is 96.0 Å². The highest BCUT2D eigenvalue weighted by atomic mass is 16.6. The van der Waals surface area contributed by atoms with Crippen LogP contribution in [0.3, 0.4) is 0 Å². The highest BCUT2D eigenvalue weighted by Gasteiger charge is 2.29. The number of ether oxygens (including phenoxy) is 1. The molecule has 0 spiro atoms. The second-order valence-corrected chi connectivity index (χ2v) is 4.10. The summed E-state index contributed by atoms with van der Waals surface area (Å²) in [5.74, 6) is 0. The molecule has 2 rings (SSSR count). The summed E-state index contributed by atoms with van der Waals surface area (Å²) in [4.78, 5) is 13.3. The van der Waals surface area contributed by atoms with Crippen molar-refractivity contribution in [3.05, 3.63) is 35.9 Å². The number of carbonyl (C=O) groups is 1. The minimum absolute atomic E-state index is 0.0864. The van der Waals surface area contributed by atoms with Crippen molar-refractivity contribution in [1.29, 1.82) is 0 Å². The van der Waals surface area contributed by atoms with Gasteiger partial charge in [-0.15, -0.1) is 0 Å². The Morgan fingerprint density at radius 1 is 1.38 bits per heavy atom. The van der Waals surface area contributed by atoms with Crippen LogP contribution in [-0.2, 0) is 11.2 Å². The summed E-state index contributed by atoms with van der Waals surface area (Å²) < 4.78 is 5.20. The summed E-state index contributed by atoms with van der Waals surface area (Å²) in [5.41, 5.74) is 1.26. The SMILES string of the molecule is CCC1CN(CCc2ccccc2)C(=O)O1. The molecule has 1 amide bonds. The number of hydrogen-bond donors (Lipinski definition) is 0. The van der Waals surface area contributed by atoms with Crippen LogP contribution < -0.4 is 0 Å². The van der Waals surface area contributed by atoms with Gasteiger partial charge in [-0.1, -0.05) is 37.3 Å². The van der Waals surface area contributed by atoms with Crippen LogP contribution in [0.2, 0.25) is 0 Å². The first kappa shape index (κ1) is 11.0. The van der Waals surface area contributed by atoms with Gasteiger partial charge < -0.3 is 9.64 Å². The topological polar surface area (TPSA) is 29.5 Å². The van der Waals surface area contributed by atoms with Gasteiger partial charge in [-0.3, -0.25) is 0 Å². The van der Waals surface area contributed by atoms with Crippen LogP contribution in [0.15, 0.2) is 30.3 Å². The van der Waals surface area contributed by atoms with Gasteiger partial charge in [0.15, 0.2) is 0 Å². The third-order valence-corrected chi connectivity index (χ3v) is 2.92. The average Bonchev–Trinajstić information content (AvgIpc) is 2.69. The van der Waals surface area contributed by atoms with Crippen LogP contribution in [-0.4, -0.2) is 30.2 Å². The number of benzene rings is 1. The van der Waals surface area contributed by atoms with E-state index in [1.54, 1.807) is 4.90 Å². The number of hydrogen-bond acceptors (Lipinski definition) is 2. The lowest BCUT2D eigenvalue weighted by Crippen LogP contribution is -2.27. The van der Waals surface area contributed by atoms with E-state index in [0.717, 1.165) is 25.9 Å². The molecule has 0 radical (unpaired) electrons. The van der Waals surface area contributed by atoms with E-state index >= 15 is 0 Å². The molecule has 1 aliphatic rings. The third kappa shape index (κ3) is 2.54. The number of amides is 1. The van der Waals surface area contributed by atoms with Crippen LogP contribution in [0.25, 0.3) is 0 Å². The second-order valence-electron chi connectivity index (χ2n) is 4.10. The van der Waals surface area contributed by atoms with Crippen molar-refractivity contribution in [1.82, 2.24) is 4.90 Å². The summed E-state index contributed by atoms with van der Waals surface area (Å²) in [6.45, 7) is 3.53. The van der Waals surface area contributed by atoms with Crippen LogP contribution >= 0.6 is 0 Å². The molecule has 0 bridgehead atoms. The molecule has 1 fully saturated rings. The van der Waals surface area contributed by atoms with E-state index in [9.17, 15) is 4.79 Å². The lowest BCUT2D eigenvalue weighted by atomic mass is 10.1. The quantitative estimate of drug-likeness (QED) is 0.778. The molecule has 0 aliphatic carbocycles. The molecule has 1 saturated heterocycles. The highest BCUT2D eigenvalue weighted by molar-refractivity contribution is 5.69. The first-order valence-corrected chi connectivity index (χ1v) is 5.79. The van der Waals surface area contributed by atoms with Crippen molar-refractivity contribution in [2.24, 2.45) is 0 Å². The first-order valence-electron chi connectivity index (χ1n) is 5.79. The largest absolute Gasteiger partial charge is 0.444 e. The van der Waals surface area contributed by atoms with Crippen LogP contribution in [0, 0.1) is 0 Å². The molecule has 0 aromatic heterocycles. The lowest BCUT2D eigenvalue weighted by Gasteiger charge is -2.12. The fourth-order valence-electron chi connectivity index (χ4n) is 1.88. The standard InChI is InChI=1S/C13H17NO2/c1-2-12-10-14(13(15)16-12)9-8-11-6-4-3-5-7-11/h3-7,12H,2,8-10H2,1H3. The summed E-state index contributed by atoms with van der Waals surface area (Å²) in [6.07, 6.45) is 1.71. The second kappa shape index (κ2) is 5.01. The van der Waals surface area contributed by atoms with Gasteiger partial charge in [0, 0.05) is 6.54 Å². The van der Waals surface area contributed by atoms with Gasteiger partial charge in [-0.05, 0) is 18.4 Å². The zero-order chi connectivity index (χ0) is 11.4. The van der Waals surface area contributed by atoms with E-state index in [1.165, 1.54) is 5.56 Å². The molecule has 1 aliphatic heterocycles. The van der Waals surface area contributed by atoms with Crippen molar-refractivity contribution in [3.8, 4) is 0 Å². The van der Waals surface area contributed by atoms with Gasteiger partial charge in [0.25, 0.3) is 0 Å². The Bertz CT molecular complexity index is 350. The molecule has 86 valence electrons. The Balaban J connectivity index is 1.85. The smallest absolute Gasteiger partial charge is 0.410 e. The molecular formula is C13H17NO2.